The average Bonchev–Trinajstić information content (AvgIpc) is 2.69. The summed E-state index contributed by atoms with van der Waals surface area (Å²) < 4.78 is 0. The molecule has 1 heterocycles. The Bertz CT molecular complexity index is 719. The molecule has 1 aliphatic rings. The third-order valence-corrected chi connectivity index (χ3v) is 5.46. The first kappa shape index (κ1) is 19.4. The van der Waals surface area contributed by atoms with Crippen LogP contribution in [-0.2, 0) is 0 Å². The summed E-state index contributed by atoms with van der Waals surface area (Å²) in [5, 5.41) is 6.21. The van der Waals surface area contributed by atoms with Crippen molar-refractivity contribution in [3.63, 3.8) is 0 Å². The number of nitrogens with one attached hydrogen (secondary N) is 2. The van der Waals surface area contributed by atoms with Crippen molar-refractivity contribution < 1.29 is 4.79 Å². The van der Waals surface area contributed by atoms with E-state index in [0.717, 1.165) is 31.5 Å². The summed E-state index contributed by atoms with van der Waals surface area (Å²) in [4.78, 5) is 14.8. The third-order valence-electron chi connectivity index (χ3n) is 5.46. The highest BCUT2D eigenvalue weighted by atomic mass is 16.2. The molecule has 1 saturated heterocycles. The van der Waals surface area contributed by atoms with Crippen LogP contribution in [0.2, 0.25) is 0 Å². The van der Waals surface area contributed by atoms with E-state index in [1.807, 2.05) is 25.1 Å². The maximum atomic E-state index is 12.4. The Hall–Kier alpha value is -2.33. The van der Waals surface area contributed by atoms with E-state index < -0.39 is 0 Å². The largest absolute Gasteiger partial charge is 0.335 e. The molecule has 0 radical (unpaired) electrons. The number of amides is 2. The van der Waals surface area contributed by atoms with Gasteiger partial charge >= 0.3 is 6.03 Å². The van der Waals surface area contributed by atoms with Gasteiger partial charge in [0.1, 0.15) is 0 Å². The van der Waals surface area contributed by atoms with Crippen molar-refractivity contribution >= 4 is 6.03 Å². The molecular formula is C23H31N3O. The van der Waals surface area contributed by atoms with Crippen molar-refractivity contribution in [2.75, 3.05) is 13.1 Å². The standard InChI is InChI=1S/C23H31N3O/c1-17(2)26-15-13-22(14-16-26)25-23(27)24-18(3)19-9-11-21(12-10-19)20-7-5-4-6-8-20/h4-12,17-18,22H,13-16H2,1-3H3,(H2,24,25,27). The van der Waals surface area contributed by atoms with Gasteiger partial charge in [-0.2, -0.15) is 0 Å². The normalized spacial score (nSPS) is 16.9. The first-order chi connectivity index (χ1) is 13.0. The lowest BCUT2D eigenvalue weighted by Crippen LogP contribution is -2.49. The van der Waals surface area contributed by atoms with Crippen LogP contribution in [0.4, 0.5) is 4.79 Å². The smallest absolute Gasteiger partial charge is 0.315 e. The number of benzene rings is 2. The SMILES string of the molecule is CC(NC(=O)NC1CCN(C(C)C)CC1)c1ccc(-c2ccccc2)cc1. The molecule has 0 aliphatic carbocycles. The van der Waals surface area contributed by atoms with Gasteiger partial charge in [0.25, 0.3) is 0 Å². The summed E-state index contributed by atoms with van der Waals surface area (Å²) in [5.74, 6) is 0. The first-order valence-electron chi connectivity index (χ1n) is 9.99. The van der Waals surface area contributed by atoms with Gasteiger partial charge in [-0.05, 0) is 50.3 Å². The molecule has 3 rings (SSSR count). The molecule has 0 saturated carbocycles. The maximum Gasteiger partial charge on any atom is 0.315 e. The molecule has 0 spiro atoms. The molecule has 0 aromatic heterocycles. The predicted octanol–water partition coefficient (Wildman–Crippen LogP) is 4.59. The topological polar surface area (TPSA) is 44.4 Å². The maximum absolute atomic E-state index is 12.4. The number of carbonyl (C=O) groups excluding carboxylic acids is 1. The summed E-state index contributed by atoms with van der Waals surface area (Å²) in [7, 11) is 0. The lowest BCUT2D eigenvalue weighted by molar-refractivity contribution is 0.161. The summed E-state index contributed by atoms with van der Waals surface area (Å²) in [6.45, 7) is 8.59. The molecule has 144 valence electrons. The minimum atomic E-state index is -0.0716. The molecule has 2 aromatic carbocycles. The van der Waals surface area contributed by atoms with E-state index in [1.165, 1.54) is 11.1 Å². The number of piperidine rings is 1. The fraction of sp³-hybridized carbons (Fsp3) is 0.435. The zero-order valence-electron chi connectivity index (χ0n) is 16.6. The quantitative estimate of drug-likeness (QED) is 0.814. The molecule has 1 unspecified atom stereocenters. The second-order valence-electron chi connectivity index (χ2n) is 7.73. The van der Waals surface area contributed by atoms with Crippen LogP contribution in [0.5, 0.6) is 0 Å². The first-order valence-corrected chi connectivity index (χ1v) is 9.99. The van der Waals surface area contributed by atoms with Gasteiger partial charge in [-0.25, -0.2) is 4.79 Å². The Balaban J connectivity index is 1.50. The van der Waals surface area contributed by atoms with E-state index >= 15 is 0 Å². The summed E-state index contributed by atoms with van der Waals surface area (Å²) >= 11 is 0. The van der Waals surface area contributed by atoms with E-state index in [1.54, 1.807) is 0 Å². The van der Waals surface area contributed by atoms with Crippen LogP contribution in [0.1, 0.15) is 45.2 Å². The van der Waals surface area contributed by atoms with Crippen LogP contribution in [0.3, 0.4) is 0 Å². The second kappa shape index (κ2) is 9.05. The van der Waals surface area contributed by atoms with E-state index in [9.17, 15) is 4.79 Å². The van der Waals surface area contributed by atoms with Crippen molar-refractivity contribution in [3.8, 4) is 11.1 Å². The molecule has 4 nitrogen and oxygen atoms in total. The van der Waals surface area contributed by atoms with Crippen LogP contribution >= 0.6 is 0 Å². The highest BCUT2D eigenvalue weighted by Crippen LogP contribution is 2.21. The van der Waals surface area contributed by atoms with E-state index in [2.05, 4.69) is 65.8 Å². The molecule has 2 N–H and O–H groups in total. The van der Waals surface area contributed by atoms with Gasteiger partial charge in [0.05, 0.1) is 6.04 Å². The van der Waals surface area contributed by atoms with Crippen molar-refractivity contribution in [2.45, 2.75) is 51.7 Å². The molecular weight excluding hydrogens is 334 g/mol. The van der Waals surface area contributed by atoms with Crippen LogP contribution < -0.4 is 10.6 Å². The molecule has 1 fully saturated rings. The second-order valence-corrected chi connectivity index (χ2v) is 7.73. The minimum absolute atomic E-state index is 0.0226. The average molecular weight is 366 g/mol. The number of hydrogen-bond donors (Lipinski definition) is 2. The van der Waals surface area contributed by atoms with Crippen LogP contribution in [0, 0.1) is 0 Å². The lowest BCUT2D eigenvalue weighted by Gasteiger charge is -2.35. The van der Waals surface area contributed by atoms with Crippen molar-refractivity contribution in [2.24, 2.45) is 0 Å². The third kappa shape index (κ3) is 5.33. The van der Waals surface area contributed by atoms with Crippen molar-refractivity contribution in [3.05, 3.63) is 60.2 Å². The number of nitrogens with zero attached hydrogens (tertiary/aromatic N) is 1. The summed E-state index contributed by atoms with van der Waals surface area (Å²) in [6.07, 6.45) is 2.04. The zero-order valence-corrected chi connectivity index (χ0v) is 16.6. The van der Waals surface area contributed by atoms with Crippen LogP contribution in [0.15, 0.2) is 54.6 Å². The summed E-state index contributed by atoms with van der Waals surface area (Å²) in [5.41, 5.74) is 3.50. The summed E-state index contributed by atoms with van der Waals surface area (Å²) in [6, 6.07) is 19.5. The highest BCUT2D eigenvalue weighted by molar-refractivity contribution is 5.74. The van der Waals surface area contributed by atoms with Gasteiger partial charge < -0.3 is 15.5 Å². The Morgan fingerprint density at radius 1 is 0.926 bits per heavy atom. The Morgan fingerprint density at radius 3 is 2.11 bits per heavy atom. The molecule has 27 heavy (non-hydrogen) atoms. The monoisotopic (exact) mass is 365 g/mol. The molecule has 1 aliphatic heterocycles. The highest BCUT2D eigenvalue weighted by Gasteiger charge is 2.22. The van der Waals surface area contributed by atoms with E-state index in [-0.39, 0.29) is 18.1 Å². The number of urea groups is 1. The number of hydrogen-bond acceptors (Lipinski definition) is 2. The van der Waals surface area contributed by atoms with Gasteiger partial charge in [-0.15, -0.1) is 0 Å². The van der Waals surface area contributed by atoms with Crippen LogP contribution in [0.25, 0.3) is 11.1 Å². The zero-order chi connectivity index (χ0) is 19.2. The molecule has 2 aromatic rings. The van der Waals surface area contributed by atoms with Gasteiger partial charge in [0.2, 0.25) is 0 Å². The molecule has 4 heteroatoms. The van der Waals surface area contributed by atoms with E-state index in [0.29, 0.717) is 6.04 Å². The minimum Gasteiger partial charge on any atom is -0.335 e. The number of rotatable bonds is 5. The van der Waals surface area contributed by atoms with Gasteiger partial charge in [-0.3, -0.25) is 0 Å². The number of carbonyl (C=O) groups is 1. The Morgan fingerprint density at radius 2 is 1.52 bits per heavy atom. The van der Waals surface area contributed by atoms with Crippen molar-refractivity contribution in [1.29, 1.82) is 0 Å². The molecule has 2 amide bonds. The Kier molecular flexibility index (Phi) is 6.51. The number of likely N-dealkylation sites (tertiary alicyclic amines) is 1. The Labute approximate surface area is 163 Å². The van der Waals surface area contributed by atoms with E-state index in [4.69, 9.17) is 0 Å². The fourth-order valence-electron chi connectivity index (χ4n) is 3.66. The van der Waals surface area contributed by atoms with Gasteiger partial charge in [0, 0.05) is 25.2 Å². The van der Waals surface area contributed by atoms with Crippen LogP contribution in [-0.4, -0.2) is 36.1 Å². The molecule has 1 atom stereocenters. The van der Waals surface area contributed by atoms with Crippen molar-refractivity contribution in [1.82, 2.24) is 15.5 Å². The lowest BCUT2D eigenvalue weighted by atomic mass is 10.0. The molecule has 0 bridgehead atoms. The fourth-order valence-corrected chi connectivity index (χ4v) is 3.66. The van der Waals surface area contributed by atoms with Gasteiger partial charge in [0.15, 0.2) is 0 Å². The van der Waals surface area contributed by atoms with Gasteiger partial charge in [-0.1, -0.05) is 54.6 Å². The predicted molar refractivity (Wildman–Crippen MR) is 112 cm³/mol.